The quantitative estimate of drug-likeness (QED) is 0.823. The second-order valence-electron chi connectivity index (χ2n) is 5.49. The Hall–Kier alpha value is -1.00. The summed E-state index contributed by atoms with van der Waals surface area (Å²) in [6, 6.07) is 6.33. The molecule has 2 aromatic rings. The second-order valence-corrected chi connectivity index (χ2v) is 7.84. The van der Waals surface area contributed by atoms with Crippen LogP contribution in [0.1, 0.15) is 47.2 Å². The molecule has 0 aliphatic carbocycles. The largest absolute Gasteiger partial charge is 0.259 e. The van der Waals surface area contributed by atoms with Gasteiger partial charge < -0.3 is 0 Å². The van der Waals surface area contributed by atoms with E-state index in [9.17, 15) is 4.21 Å². The van der Waals surface area contributed by atoms with Crippen LogP contribution in [0, 0.1) is 13.8 Å². The molecule has 4 heteroatoms. The Bertz CT molecular complexity index is 617. The Morgan fingerprint density at radius 3 is 2.65 bits per heavy atom. The van der Waals surface area contributed by atoms with E-state index in [1.54, 1.807) is 11.3 Å². The maximum atomic E-state index is 12.3. The van der Waals surface area contributed by atoms with Gasteiger partial charge in [-0.25, -0.2) is 4.98 Å². The molecule has 2 rings (SSSR count). The van der Waals surface area contributed by atoms with Crippen LogP contribution >= 0.6 is 11.3 Å². The molecule has 0 N–H and O–H groups in total. The first kappa shape index (κ1) is 15.4. The minimum Gasteiger partial charge on any atom is -0.259 e. The first-order valence-electron chi connectivity index (χ1n) is 6.81. The summed E-state index contributed by atoms with van der Waals surface area (Å²) in [4.78, 5) is 4.56. The van der Waals surface area contributed by atoms with Crippen molar-refractivity contribution in [1.82, 2.24) is 4.98 Å². The molecule has 0 radical (unpaired) electrons. The average molecular weight is 307 g/mol. The third kappa shape index (κ3) is 4.00. The van der Waals surface area contributed by atoms with Crippen molar-refractivity contribution < 1.29 is 4.21 Å². The number of rotatable bonds is 5. The van der Waals surface area contributed by atoms with E-state index in [2.05, 4.69) is 50.9 Å². The van der Waals surface area contributed by atoms with Crippen molar-refractivity contribution in [3.05, 3.63) is 51.0 Å². The van der Waals surface area contributed by atoms with Gasteiger partial charge in [0.1, 0.15) is 0 Å². The molecule has 2 nitrogen and oxygen atoms in total. The van der Waals surface area contributed by atoms with E-state index >= 15 is 0 Å². The third-order valence-corrected chi connectivity index (χ3v) is 5.64. The topological polar surface area (TPSA) is 30.0 Å². The molecule has 0 spiro atoms. The fraction of sp³-hybridized carbons (Fsp3) is 0.438. The zero-order valence-corrected chi connectivity index (χ0v) is 14.1. The fourth-order valence-corrected chi connectivity index (χ4v) is 4.18. The molecular formula is C16H21NOS2. The lowest BCUT2D eigenvalue weighted by atomic mass is 10.1. The normalized spacial score (nSPS) is 12.8. The van der Waals surface area contributed by atoms with Crippen LogP contribution in [0.15, 0.2) is 23.6 Å². The SMILES string of the molecule is Cc1ccc(C)c(CS(=O)Cc2csc(C(C)C)n2)c1. The summed E-state index contributed by atoms with van der Waals surface area (Å²) in [6.07, 6.45) is 0. The first-order valence-corrected chi connectivity index (χ1v) is 9.18. The van der Waals surface area contributed by atoms with Gasteiger partial charge in [0.05, 0.1) is 16.5 Å². The highest BCUT2D eigenvalue weighted by atomic mass is 32.2. The summed E-state index contributed by atoms with van der Waals surface area (Å²) in [5.41, 5.74) is 4.58. The molecule has 1 atom stereocenters. The van der Waals surface area contributed by atoms with E-state index in [-0.39, 0.29) is 0 Å². The molecule has 1 aromatic carbocycles. The van der Waals surface area contributed by atoms with Crippen LogP contribution in [0.5, 0.6) is 0 Å². The van der Waals surface area contributed by atoms with Crippen molar-refractivity contribution in [3.63, 3.8) is 0 Å². The molecule has 0 fully saturated rings. The van der Waals surface area contributed by atoms with Crippen molar-refractivity contribution in [2.45, 2.75) is 45.1 Å². The van der Waals surface area contributed by atoms with Gasteiger partial charge >= 0.3 is 0 Å². The smallest absolute Gasteiger partial charge is 0.0954 e. The van der Waals surface area contributed by atoms with Crippen LogP contribution in [0.4, 0.5) is 0 Å². The highest BCUT2D eigenvalue weighted by Crippen LogP contribution is 2.21. The molecule has 0 aliphatic rings. The zero-order chi connectivity index (χ0) is 14.7. The molecule has 1 aromatic heterocycles. The van der Waals surface area contributed by atoms with E-state index in [0.29, 0.717) is 17.4 Å². The highest BCUT2D eigenvalue weighted by Gasteiger charge is 2.10. The Morgan fingerprint density at radius 1 is 1.25 bits per heavy atom. The molecule has 1 unspecified atom stereocenters. The highest BCUT2D eigenvalue weighted by molar-refractivity contribution is 7.83. The monoisotopic (exact) mass is 307 g/mol. The fourth-order valence-electron chi connectivity index (χ4n) is 2.00. The van der Waals surface area contributed by atoms with Gasteiger partial charge in [0, 0.05) is 27.9 Å². The van der Waals surface area contributed by atoms with E-state index in [4.69, 9.17) is 0 Å². The van der Waals surface area contributed by atoms with Crippen LogP contribution in [0.25, 0.3) is 0 Å². The molecular weight excluding hydrogens is 286 g/mol. The predicted molar refractivity (Wildman–Crippen MR) is 87.7 cm³/mol. The Labute approximate surface area is 127 Å². The number of aryl methyl sites for hydroxylation is 2. The molecule has 0 saturated heterocycles. The van der Waals surface area contributed by atoms with Gasteiger partial charge in [-0.1, -0.05) is 37.6 Å². The van der Waals surface area contributed by atoms with E-state index in [1.807, 2.05) is 5.38 Å². The number of thiazole rings is 1. The summed E-state index contributed by atoms with van der Waals surface area (Å²) >= 11 is 1.67. The van der Waals surface area contributed by atoms with Crippen LogP contribution in [-0.2, 0) is 22.3 Å². The van der Waals surface area contributed by atoms with E-state index in [1.165, 1.54) is 16.7 Å². The van der Waals surface area contributed by atoms with Gasteiger partial charge in [-0.05, 0) is 25.0 Å². The van der Waals surface area contributed by atoms with Crippen LogP contribution < -0.4 is 0 Å². The Morgan fingerprint density at radius 2 is 2.00 bits per heavy atom. The number of benzene rings is 1. The summed E-state index contributed by atoms with van der Waals surface area (Å²) < 4.78 is 12.3. The average Bonchev–Trinajstić information content (AvgIpc) is 2.82. The number of aromatic nitrogens is 1. The molecule has 0 amide bonds. The summed E-state index contributed by atoms with van der Waals surface area (Å²) in [5, 5.41) is 3.17. The van der Waals surface area contributed by atoms with Crippen molar-refractivity contribution >= 4 is 22.1 Å². The zero-order valence-electron chi connectivity index (χ0n) is 12.5. The minimum atomic E-state index is -0.896. The third-order valence-electron chi connectivity index (χ3n) is 3.19. The number of hydrogen-bond donors (Lipinski definition) is 0. The Balaban J connectivity index is 2.03. The van der Waals surface area contributed by atoms with Crippen LogP contribution in [0.3, 0.4) is 0 Å². The van der Waals surface area contributed by atoms with Gasteiger partial charge in [-0.2, -0.15) is 0 Å². The molecule has 0 aliphatic heterocycles. The van der Waals surface area contributed by atoms with Crippen molar-refractivity contribution in [2.24, 2.45) is 0 Å². The number of nitrogens with zero attached hydrogens (tertiary/aromatic N) is 1. The van der Waals surface area contributed by atoms with Crippen molar-refractivity contribution in [3.8, 4) is 0 Å². The molecule has 1 heterocycles. The first-order chi connectivity index (χ1) is 9.45. The predicted octanol–water partition coefficient (Wildman–Crippen LogP) is 4.33. The van der Waals surface area contributed by atoms with Gasteiger partial charge in [-0.15, -0.1) is 11.3 Å². The van der Waals surface area contributed by atoms with Gasteiger partial charge in [0.2, 0.25) is 0 Å². The van der Waals surface area contributed by atoms with Crippen LogP contribution in [0.2, 0.25) is 0 Å². The molecule has 108 valence electrons. The minimum absolute atomic E-state index is 0.446. The lowest BCUT2D eigenvalue weighted by Gasteiger charge is -2.06. The van der Waals surface area contributed by atoms with E-state index < -0.39 is 10.8 Å². The molecule has 20 heavy (non-hydrogen) atoms. The van der Waals surface area contributed by atoms with Crippen LogP contribution in [-0.4, -0.2) is 9.19 Å². The maximum Gasteiger partial charge on any atom is 0.0954 e. The van der Waals surface area contributed by atoms with Gasteiger partial charge in [0.25, 0.3) is 0 Å². The lowest BCUT2D eigenvalue weighted by Crippen LogP contribution is -2.02. The van der Waals surface area contributed by atoms with Gasteiger partial charge in [-0.3, -0.25) is 4.21 Å². The van der Waals surface area contributed by atoms with E-state index in [0.717, 1.165) is 10.7 Å². The molecule has 0 bridgehead atoms. The van der Waals surface area contributed by atoms with Crippen molar-refractivity contribution in [1.29, 1.82) is 0 Å². The molecule has 0 saturated carbocycles. The summed E-state index contributed by atoms with van der Waals surface area (Å²) in [7, 11) is -0.896. The summed E-state index contributed by atoms with van der Waals surface area (Å²) in [5.74, 6) is 1.61. The standard InChI is InChI=1S/C16H21NOS2/c1-11(2)16-17-15(8-19-16)10-20(18)9-14-7-12(3)5-6-13(14)4/h5-8,11H,9-10H2,1-4H3. The van der Waals surface area contributed by atoms with Crippen molar-refractivity contribution in [2.75, 3.05) is 0 Å². The lowest BCUT2D eigenvalue weighted by molar-refractivity contribution is 0.681. The maximum absolute atomic E-state index is 12.3. The Kier molecular flexibility index (Phi) is 5.11. The van der Waals surface area contributed by atoms with Gasteiger partial charge in [0.15, 0.2) is 0 Å². The second kappa shape index (κ2) is 6.64. The summed E-state index contributed by atoms with van der Waals surface area (Å²) in [6.45, 7) is 8.41. The number of hydrogen-bond acceptors (Lipinski definition) is 3.